The van der Waals surface area contributed by atoms with Gasteiger partial charge in [-0.15, -0.1) is 0 Å². The summed E-state index contributed by atoms with van der Waals surface area (Å²) in [5, 5.41) is 4.43. The highest BCUT2D eigenvalue weighted by atomic mass is 19.1. The molecule has 7 heteroatoms. The maximum Gasteiger partial charge on any atom is 0.322 e. The molecule has 3 rings (SSSR count). The fourth-order valence-corrected chi connectivity index (χ4v) is 2.96. The van der Waals surface area contributed by atoms with Crippen molar-refractivity contribution in [2.24, 2.45) is 0 Å². The second kappa shape index (κ2) is 9.82. The zero-order valence-corrected chi connectivity index (χ0v) is 17.4. The number of aromatic amines is 1. The lowest BCUT2D eigenvalue weighted by atomic mass is 10.1. The van der Waals surface area contributed by atoms with Crippen LogP contribution in [0.4, 0.5) is 10.3 Å². The third-order valence-corrected chi connectivity index (χ3v) is 4.37. The zero-order valence-electron chi connectivity index (χ0n) is 17.4. The van der Waals surface area contributed by atoms with Crippen molar-refractivity contribution in [3.63, 3.8) is 0 Å². The van der Waals surface area contributed by atoms with Crippen LogP contribution < -0.4 is 10.1 Å². The van der Waals surface area contributed by atoms with Gasteiger partial charge in [0.1, 0.15) is 5.83 Å². The van der Waals surface area contributed by atoms with Crippen LogP contribution in [0.15, 0.2) is 61.1 Å². The normalized spacial score (nSPS) is 12.4. The molecule has 0 amide bonds. The minimum Gasteiger partial charge on any atom is -0.461 e. The van der Waals surface area contributed by atoms with E-state index in [0.717, 1.165) is 18.0 Å². The van der Waals surface area contributed by atoms with Gasteiger partial charge in [0.25, 0.3) is 0 Å². The summed E-state index contributed by atoms with van der Waals surface area (Å²) in [6, 6.07) is 8.36. The molecule has 0 aliphatic carbocycles. The second-order valence-corrected chi connectivity index (χ2v) is 6.95. The smallest absolute Gasteiger partial charge is 0.322 e. The Morgan fingerprint density at radius 3 is 2.80 bits per heavy atom. The number of halogens is 1. The van der Waals surface area contributed by atoms with Crippen LogP contribution in [0, 0.1) is 0 Å². The zero-order chi connectivity index (χ0) is 21.5. The molecule has 0 saturated carbocycles. The van der Waals surface area contributed by atoms with E-state index in [4.69, 9.17) is 4.74 Å². The first-order valence-corrected chi connectivity index (χ1v) is 9.88. The molecule has 0 aliphatic heterocycles. The van der Waals surface area contributed by atoms with E-state index < -0.39 is 5.83 Å². The monoisotopic (exact) mass is 407 g/mol. The number of ether oxygens (including phenoxy) is 1. The van der Waals surface area contributed by atoms with Gasteiger partial charge in [0.2, 0.25) is 5.95 Å². The molecule has 2 N–H and O–H groups in total. The maximum absolute atomic E-state index is 13.7. The van der Waals surface area contributed by atoms with Gasteiger partial charge in [-0.25, -0.2) is 4.39 Å². The summed E-state index contributed by atoms with van der Waals surface area (Å²) in [5.41, 5.74) is 2.83. The highest BCUT2D eigenvalue weighted by Crippen LogP contribution is 2.20. The largest absolute Gasteiger partial charge is 0.461 e. The Balaban J connectivity index is 1.81. The molecule has 0 radical (unpaired) electrons. The van der Waals surface area contributed by atoms with Crippen molar-refractivity contribution < 1.29 is 9.13 Å². The predicted molar refractivity (Wildman–Crippen MR) is 119 cm³/mol. The summed E-state index contributed by atoms with van der Waals surface area (Å²) < 4.78 is 19.4. The summed E-state index contributed by atoms with van der Waals surface area (Å²) in [6.07, 6.45) is 6.89. The number of nitrogens with zero attached hydrogens (tertiary/aromatic N) is 3. The molecule has 2 heterocycles. The summed E-state index contributed by atoms with van der Waals surface area (Å²) in [6.45, 7) is 9.63. The van der Waals surface area contributed by atoms with Gasteiger partial charge in [-0.2, -0.15) is 15.0 Å². The molecule has 1 aromatic carbocycles. The third-order valence-electron chi connectivity index (χ3n) is 4.37. The van der Waals surface area contributed by atoms with Gasteiger partial charge < -0.3 is 15.0 Å². The number of benzene rings is 1. The lowest BCUT2D eigenvalue weighted by Gasteiger charge is -2.12. The molecule has 0 saturated heterocycles. The molecular weight excluding hydrogens is 381 g/mol. The number of para-hydroxylation sites is 1. The SMILES string of the molecule is C=C/C(F)=C\C(=C/C)c1nc(NCCc2c[nH]c3ccccc23)nc(OC(C)C)n1. The number of allylic oxidation sites excluding steroid dienone is 5. The predicted octanol–water partition coefficient (Wildman–Crippen LogP) is 5.24. The number of hydrogen-bond donors (Lipinski definition) is 2. The van der Waals surface area contributed by atoms with Crippen LogP contribution in [0.25, 0.3) is 16.5 Å². The van der Waals surface area contributed by atoms with Crippen molar-refractivity contribution in [3.8, 4) is 6.01 Å². The maximum atomic E-state index is 13.7. The number of H-pyrrole nitrogens is 1. The lowest BCUT2D eigenvalue weighted by molar-refractivity contribution is 0.221. The fourth-order valence-electron chi connectivity index (χ4n) is 2.96. The minimum atomic E-state index is -0.469. The number of rotatable bonds is 9. The van der Waals surface area contributed by atoms with Gasteiger partial charge in [-0.1, -0.05) is 30.9 Å². The minimum absolute atomic E-state index is 0.103. The fraction of sp³-hybridized carbons (Fsp3) is 0.261. The number of anilines is 1. The highest BCUT2D eigenvalue weighted by molar-refractivity contribution is 5.83. The first kappa shape index (κ1) is 21.2. The van der Waals surface area contributed by atoms with Crippen LogP contribution in [0.1, 0.15) is 32.2 Å². The van der Waals surface area contributed by atoms with Crippen molar-refractivity contribution in [3.05, 3.63) is 72.5 Å². The van der Waals surface area contributed by atoms with Crippen molar-refractivity contribution >= 4 is 22.4 Å². The van der Waals surface area contributed by atoms with Gasteiger partial charge >= 0.3 is 6.01 Å². The summed E-state index contributed by atoms with van der Waals surface area (Å²) in [5.74, 6) is 0.237. The van der Waals surface area contributed by atoms with Crippen molar-refractivity contribution in [2.45, 2.75) is 33.3 Å². The quantitative estimate of drug-likeness (QED) is 0.475. The standard InChI is InChI=1S/C23H26FN5O/c1-5-16(13-18(24)6-2)21-27-22(29-23(28-21)30-15(3)4)25-12-11-17-14-26-20-10-8-7-9-19(17)20/h5-10,13-15,26H,2,11-12H2,1,3-4H3,(H,25,27,28,29)/b16-5+,18-13+. The van der Waals surface area contributed by atoms with E-state index in [0.29, 0.717) is 23.9 Å². The van der Waals surface area contributed by atoms with E-state index in [2.05, 4.69) is 44.0 Å². The van der Waals surface area contributed by atoms with Gasteiger partial charge in [0, 0.05) is 29.2 Å². The van der Waals surface area contributed by atoms with Crippen LogP contribution >= 0.6 is 0 Å². The number of nitrogens with one attached hydrogen (secondary N) is 2. The van der Waals surface area contributed by atoms with Crippen molar-refractivity contribution in [2.75, 3.05) is 11.9 Å². The average molecular weight is 407 g/mol. The number of fused-ring (bicyclic) bond motifs is 1. The highest BCUT2D eigenvalue weighted by Gasteiger charge is 2.12. The Kier molecular flexibility index (Phi) is 6.95. The molecule has 0 aliphatic rings. The summed E-state index contributed by atoms with van der Waals surface area (Å²) in [7, 11) is 0. The van der Waals surface area contributed by atoms with Gasteiger partial charge in [-0.3, -0.25) is 0 Å². The van der Waals surface area contributed by atoms with Gasteiger partial charge in [0.15, 0.2) is 5.82 Å². The Morgan fingerprint density at radius 1 is 1.27 bits per heavy atom. The van der Waals surface area contributed by atoms with Crippen molar-refractivity contribution in [1.29, 1.82) is 0 Å². The Bertz CT molecular complexity index is 1080. The molecule has 0 fully saturated rings. The first-order chi connectivity index (χ1) is 14.5. The van der Waals surface area contributed by atoms with Crippen molar-refractivity contribution in [1.82, 2.24) is 19.9 Å². The average Bonchev–Trinajstić information content (AvgIpc) is 3.14. The molecule has 30 heavy (non-hydrogen) atoms. The molecule has 6 nitrogen and oxygen atoms in total. The first-order valence-electron chi connectivity index (χ1n) is 9.88. The van der Waals surface area contributed by atoms with E-state index in [1.807, 2.05) is 32.2 Å². The summed E-state index contributed by atoms with van der Waals surface area (Å²) in [4.78, 5) is 16.4. The molecule has 0 bridgehead atoms. The molecular formula is C23H26FN5O. The molecule has 0 spiro atoms. The van der Waals surface area contributed by atoms with Crippen LogP contribution in [0.5, 0.6) is 6.01 Å². The van der Waals surface area contributed by atoms with Gasteiger partial charge in [-0.05, 0) is 51.0 Å². The van der Waals surface area contributed by atoms with Crippen LogP contribution in [-0.4, -0.2) is 32.6 Å². The molecule has 0 unspecified atom stereocenters. The third kappa shape index (κ3) is 5.31. The van der Waals surface area contributed by atoms with Crippen LogP contribution in [0.2, 0.25) is 0 Å². The Morgan fingerprint density at radius 2 is 2.07 bits per heavy atom. The molecule has 3 aromatic rings. The lowest BCUT2D eigenvalue weighted by Crippen LogP contribution is -2.14. The van der Waals surface area contributed by atoms with E-state index in [-0.39, 0.29) is 12.1 Å². The van der Waals surface area contributed by atoms with E-state index in [1.54, 1.807) is 13.0 Å². The molecule has 0 atom stereocenters. The Labute approximate surface area is 175 Å². The molecule has 2 aromatic heterocycles. The Hall–Kier alpha value is -3.48. The second-order valence-electron chi connectivity index (χ2n) is 6.95. The summed E-state index contributed by atoms with van der Waals surface area (Å²) >= 11 is 0. The van der Waals surface area contributed by atoms with Crippen LogP contribution in [-0.2, 0) is 6.42 Å². The topological polar surface area (TPSA) is 75.7 Å². The van der Waals surface area contributed by atoms with Gasteiger partial charge in [0.05, 0.1) is 6.10 Å². The number of hydrogen-bond acceptors (Lipinski definition) is 5. The molecule has 156 valence electrons. The van der Waals surface area contributed by atoms with E-state index >= 15 is 0 Å². The van der Waals surface area contributed by atoms with Crippen LogP contribution in [0.3, 0.4) is 0 Å². The van der Waals surface area contributed by atoms with E-state index in [1.165, 1.54) is 17.0 Å². The van der Waals surface area contributed by atoms with E-state index in [9.17, 15) is 4.39 Å². The number of aromatic nitrogens is 4.